The summed E-state index contributed by atoms with van der Waals surface area (Å²) in [5.41, 5.74) is 2.44. The van der Waals surface area contributed by atoms with Crippen molar-refractivity contribution in [1.29, 1.82) is 0 Å². The number of hydrogen-bond acceptors (Lipinski definition) is 4. The molecule has 4 aromatic rings. The van der Waals surface area contributed by atoms with Crippen molar-refractivity contribution in [3.63, 3.8) is 0 Å². The summed E-state index contributed by atoms with van der Waals surface area (Å²) in [6.45, 7) is 0.0226. The number of anilines is 1. The van der Waals surface area contributed by atoms with Crippen LogP contribution in [0.25, 0.3) is 16.6 Å². The molecule has 0 radical (unpaired) electrons. The van der Waals surface area contributed by atoms with Crippen LogP contribution in [-0.4, -0.2) is 26.0 Å². The second-order valence-electron chi connectivity index (χ2n) is 5.66. The van der Waals surface area contributed by atoms with Gasteiger partial charge in [-0.25, -0.2) is 18.7 Å². The van der Waals surface area contributed by atoms with E-state index in [1.54, 1.807) is 12.5 Å². The molecule has 2 N–H and O–H groups in total. The fourth-order valence-corrected chi connectivity index (χ4v) is 2.81. The lowest BCUT2D eigenvalue weighted by Gasteiger charge is -2.15. The van der Waals surface area contributed by atoms with E-state index in [1.165, 1.54) is 6.07 Å². The number of hydrogen-bond donors (Lipinski definition) is 2. The molecule has 0 unspecified atom stereocenters. The van der Waals surface area contributed by atoms with Gasteiger partial charge in [0.05, 0.1) is 29.7 Å². The number of imidazole rings is 1. The second-order valence-corrected chi connectivity index (χ2v) is 5.66. The highest BCUT2D eigenvalue weighted by Gasteiger charge is 2.15. The van der Waals surface area contributed by atoms with Crippen molar-refractivity contribution in [3.05, 3.63) is 72.2 Å². The third-order valence-electron chi connectivity index (χ3n) is 4.04. The van der Waals surface area contributed by atoms with E-state index in [9.17, 15) is 13.9 Å². The van der Waals surface area contributed by atoms with E-state index in [-0.39, 0.29) is 12.1 Å². The molecule has 0 spiro atoms. The topological polar surface area (TPSA) is 62.5 Å². The van der Waals surface area contributed by atoms with Crippen molar-refractivity contribution in [3.8, 4) is 0 Å². The van der Waals surface area contributed by atoms with E-state index in [1.807, 2.05) is 28.7 Å². The van der Waals surface area contributed by atoms with Gasteiger partial charge in [0.2, 0.25) is 0 Å². The zero-order valence-electron chi connectivity index (χ0n) is 13.0. The van der Waals surface area contributed by atoms with Gasteiger partial charge in [-0.1, -0.05) is 18.2 Å². The van der Waals surface area contributed by atoms with Gasteiger partial charge in [0.15, 0.2) is 5.82 Å². The first-order chi connectivity index (χ1) is 12.1. The van der Waals surface area contributed by atoms with E-state index in [2.05, 4.69) is 15.3 Å². The smallest absolute Gasteiger partial charge is 0.152 e. The Kier molecular flexibility index (Phi) is 3.77. The number of nitrogens with one attached hydrogen (secondary N) is 1. The molecule has 0 aliphatic heterocycles. The van der Waals surface area contributed by atoms with Crippen molar-refractivity contribution in [1.82, 2.24) is 14.4 Å². The minimum absolute atomic E-state index is 0.0226. The molecular weight excluding hydrogens is 326 g/mol. The monoisotopic (exact) mass is 340 g/mol. The molecule has 0 aliphatic carbocycles. The predicted octanol–water partition coefficient (Wildman–Crippen LogP) is 3.31. The van der Waals surface area contributed by atoms with Crippen LogP contribution in [-0.2, 0) is 0 Å². The molecule has 0 amide bonds. The van der Waals surface area contributed by atoms with Crippen molar-refractivity contribution >= 4 is 22.4 Å². The van der Waals surface area contributed by atoms with Gasteiger partial charge >= 0.3 is 0 Å². The molecule has 0 aliphatic rings. The van der Waals surface area contributed by atoms with Crippen LogP contribution >= 0.6 is 0 Å². The van der Waals surface area contributed by atoms with Gasteiger partial charge in [-0.15, -0.1) is 0 Å². The SMILES string of the molecule is O[C@@H](CNc1nc2ccccc2n2cncc12)c1ccc(F)cc1F. The summed E-state index contributed by atoms with van der Waals surface area (Å²) < 4.78 is 28.7. The molecule has 0 bridgehead atoms. The van der Waals surface area contributed by atoms with Gasteiger partial charge in [-0.05, 0) is 18.2 Å². The average molecular weight is 340 g/mol. The Bertz CT molecular complexity index is 1060. The number of aliphatic hydroxyl groups is 1. The van der Waals surface area contributed by atoms with Crippen LogP contribution in [0.15, 0.2) is 55.0 Å². The standard InChI is InChI=1S/C18H14F2N4O/c19-11-5-6-12(13(20)7-11)17(25)9-22-18-16-8-21-10-24(16)15-4-2-1-3-14(15)23-18/h1-8,10,17,25H,9H2,(H,22,23)/t17-/m0/s1. The molecule has 0 fully saturated rings. The summed E-state index contributed by atoms with van der Waals surface area (Å²) >= 11 is 0. The molecule has 7 heteroatoms. The van der Waals surface area contributed by atoms with E-state index in [0.717, 1.165) is 28.7 Å². The van der Waals surface area contributed by atoms with Gasteiger partial charge in [-0.2, -0.15) is 0 Å². The van der Waals surface area contributed by atoms with E-state index in [0.29, 0.717) is 5.82 Å². The Morgan fingerprint density at radius 2 is 1.96 bits per heavy atom. The Hall–Kier alpha value is -3.06. The number of benzene rings is 2. The highest BCUT2D eigenvalue weighted by molar-refractivity contribution is 5.84. The summed E-state index contributed by atoms with van der Waals surface area (Å²) in [4.78, 5) is 8.68. The Balaban J connectivity index is 1.65. The van der Waals surface area contributed by atoms with Crippen LogP contribution in [0.5, 0.6) is 0 Å². The third kappa shape index (κ3) is 2.78. The van der Waals surface area contributed by atoms with Crippen molar-refractivity contribution in [2.45, 2.75) is 6.10 Å². The quantitative estimate of drug-likeness (QED) is 0.598. The summed E-state index contributed by atoms with van der Waals surface area (Å²) in [7, 11) is 0. The molecule has 2 aromatic heterocycles. The van der Waals surface area contributed by atoms with Gasteiger partial charge in [0, 0.05) is 18.2 Å². The lowest BCUT2D eigenvalue weighted by Crippen LogP contribution is -2.15. The number of aliphatic hydroxyl groups excluding tert-OH is 1. The van der Waals surface area contributed by atoms with Gasteiger partial charge < -0.3 is 10.4 Å². The maximum absolute atomic E-state index is 13.8. The molecule has 126 valence electrons. The number of rotatable bonds is 4. The second kappa shape index (κ2) is 6.10. The number of para-hydroxylation sites is 2. The molecule has 25 heavy (non-hydrogen) atoms. The third-order valence-corrected chi connectivity index (χ3v) is 4.04. The largest absolute Gasteiger partial charge is 0.386 e. The molecule has 2 heterocycles. The van der Waals surface area contributed by atoms with Crippen LogP contribution in [0.2, 0.25) is 0 Å². The first-order valence-electron chi connectivity index (χ1n) is 7.71. The van der Waals surface area contributed by atoms with Crippen LogP contribution in [0.3, 0.4) is 0 Å². The number of nitrogens with zero attached hydrogens (tertiary/aromatic N) is 3. The van der Waals surface area contributed by atoms with E-state index >= 15 is 0 Å². The number of halogens is 2. The maximum atomic E-state index is 13.8. The number of aromatic nitrogens is 3. The first kappa shape index (κ1) is 15.5. The summed E-state index contributed by atoms with van der Waals surface area (Å²) in [6, 6.07) is 10.7. The summed E-state index contributed by atoms with van der Waals surface area (Å²) in [6.07, 6.45) is 2.20. The lowest BCUT2D eigenvalue weighted by atomic mass is 10.1. The zero-order valence-corrected chi connectivity index (χ0v) is 13.0. The molecule has 0 saturated heterocycles. The van der Waals surface area contributed by atoms with Gasteiger partial charge in [-0.3, -0.25) is 4.40 Å². The average Bonchev–Trinajstić information content (AvgIpc) is 3.09. The van der Waals surface area contributed by atoms with Crippen LogP contribution in [0.1, 0.15) is 11.7 Å². The Labute approximate surface area is 141 Å². The van der Waals surface area contributed by atoms with Crippen molar-refractivity contribution < 1.29 is 13.9 Å². The van der Waals surface area contributed by atoms with Gasteiger partial charge in [0.25, 0.3) is 0 Å². The van der Waals surface area contributed by atoms with E-state index < -0.39 is 17.7 Å². The first-order valence-corrected chi connectivity index (χ1v) is 7.71. The fourth-order valence-electron chi connectivity index (χ4n) is 2.81. The molecule has 4 rings (SSSR count). The lowest BCUT2D eigenvalue weighted by molar-refractivity contribution is 0.186. The fraction of sp³-hybridized carbons (Fsp3) is 0.111. The Morgan fingerprint density at radius 1 is 1.12 bits per heavy atom. The molecular formula is C18H14F2N4O. The van der Waals surface area contributed by atoms with Crippen LogP contribution in [0.4, 0.5) is 14.6 Å². The van der Waals surface area contributed by atoms with Gasteiger partial charge in [0.1, 0.15) is 17.2 Å². The maximum Gasteiger partial charge on any atom is 0.152 e. The number of fused-ring (bicyclic) bond motifs is 3. The molecule has 2 aromatic carbocycles. The summed E-state index contributed by atoms with van der Waals surface area (Å²) in [5.74, 6) is -0.938. The van der Waals surface area contributed by atoms with Crippen molar-refractivity contribution in [2.24, 2.45) is 0 Å². The minimum Gasteiger partial charge on any atom is -0.386 e. The Morgan fingerprint density at radius 3 is 2.80 bits per heavy atom. The summed E-state index contributed by atoms with van der Waals surface area (Å²) in [5, 5.41) is 13.2. The minimum atomic E-state index is -1.14. The highest BCUT2D eigenvalue weighted by Crippen LogP contribution is 2.23. The van der Waals surface area contributed by atoms with Crippen molar-refractivity contribution in [2.75, 3.05) is 11.9 Å². The van der Waals surface area contributed by atoms with E-state index in [4.69, 9.17) is 0 Å². The zero-order chi connectivity index (χ0) is 17.4. The molecule has 1 atom stereocenters. The molecule has 5 nitrogen and oxygen atoms in total. The van der Waals surface area contributed by atoms with Crippen LogP contribution in [0, 0.1) is 11.6 Å². The normalized spacial score (nSPS) is 12.6. The predicted molar refractivity (Wildman–Crippen MR) is 90.3 cm³/mol. The van der Waals surface area contributed by atoms with Crippen LogP contribution < -0.4 is 5.32 Å². The molecule has 0 saturated carbocycles. The highest BCUT2D eigenvalue weighted by atomic mass is 19.1.